The quantitative estimate of drug-likeness (QED) is 0.604. The van der Waals surface area contributed by atoms with Gasteiger partial charge >= 0.3 is 0 Å². The molecule has 0 fully saturated rings. The van der Waals surface area contributed by atoms with Crippen LogP contribution in [0.2, 0.25) is 0 Å². The van der Waals surface area contributed by atoms with Gasteiger partial charge < -0.3 is 5.73 Å². The van der Waals surface area contributed by atoms with Gasteiger partial charge in [0.05, 0.1) is 11.8 Å². The van der Waals surface area contributed by atoms with Gasteiger partial charge in [-0.05, 0) is 29.4 Å². The van der Waals surface area contributed by atoms with Gasteiger partial charge in [0.15, 0.2) is 4.34 Å². The Morgan fingerprint density at radius 2 is 2.40 bits per heavy atom. The summed E-state index contributed by atoms with van der Waals surface area (Å²) in [7, 11) is 0. The largest absolute Gasteiger partial charge is 0.384 e. The Bertz CT molecular complexity index is 468. The molecule has 2 rings (SSSR count). The lowest BCUT2D eigenvalue weighted by Gasteiger charge is -2.02. The highest BCUT2D eigenvalue weighted by Gasteiger charge is 2.10. The summed E-state index contributed by atoms with van der Waals surface area (Å²) in [6.45, 7) is 0. The van der Waals surface area contributed by atoms with E-state index in [0.29, 0.717) is 10.6 Å². The fourth-order valence-electron chi connectivity index (χ4n) is 0.890. The molecule has 3 N–H and O–H groups in total. The second-order valence-electron chi connectivity index (χ2n) is 2.47. The third-order valence-corrected chi connectivity index (χ3v) is 3.21. The van der Waals surface area contributed by atoms with Gasteiger partial charge in [-0.1, -0.05) is 0 Å². The summed E-state index contributed by atoms with van der Waals surface area (Å²) in [4.78, 5) is 4.00. The van der Waals surface area contributed by atoms with E-state index in [9.17, 15) is 0 Å². The van der Waals surface area contributed by atoms with Crippen LogP contribution < -0.4 is 5.73 Å². The number of rotatable bonds is 3. The van der Waals surface area contributed by atoms with E-state index in [4.69, 9.17) is 11.1 Å². The standard InChI is InChI=1S/C7H6N6S2/c8-5(9)4-1-2-11-13-6(4)14-7-10-3-12-15-7/h1-3H,(H3,8,9). The van der Waals surface area contributed by atoms with Crippen LogP contribution in [-0.2, 0) is 0 Å². The van der Waals surface area contributed by atoms with Crippen molar-refractivity contribution < 1.29 is 0 Å². The zero-order valence-electron chi connectivity index (χ0n) is 7.41. The number of nitrogen functional groups attached to an aromatic ring is 1. The molecule has 0 unspecified atom stereocenters. The maximum absolute atomic E-state index is 7.37. The average molecular weight is 238 g/mol. The normalized spacial score (nSPS) is 10.1. The third kappa shape index (κ3) is 2.28. The van der Waals surface area contributed by atoms with Crippen molar-refractivity contribution in [2.45, 2.75) is 9.37 Å². The van der Waals surface area contributed by atoms with Gasteiger partial charge in [-0.25, -0.2) is 4.98 Å². The van der Waals surface area contributed by atoms with Crippen LogP contribution in [0.25, 0.3) is 0 Å². The maximum Gasteiger partial charge on any atom is 0.176 e. The molecule has 0 aliphatic carbocycles. The van der Waals surface area contributed by atoms with E-state index in [0.717, 1.165) is 4.34 Å². The van der Waals surface area contributed by atoms with Crippen molar-refractivity contribution in [1.29, 1.82) is 5.41 Å². The van der Waals surface area contributed by atoms with Crippen LogP contribution in [0.1, 0.15) is 5.56 Å². The Morgan fingerprint density at radius 3 is 3.07 bits per heavy atom. The van der Waals surface area contributed by atoms with Gasteiger partial charge in [0.2, 0.25) is 0 Å². The molecule has 2 heterocycles. The van der Waals surface area contributed by atoms with Crippen molar-refractivity contribution in [2.24, 2.45) is 5.73 Å². The maximum atomic E-state index is 7.37. The lowest BCUT2D eigenvalue weighted by molar-refractivity contribution is 0.920. The highest BCUT2D eigenvalue weighted by Crippen LogP contribution is 2.28. The molecular formula is C7H6N6S2. The Hall–Kier alpha value is -1.54. The van der Waals surface area contributed by atoms with Crippen molar-refractivity contribution in [1.82, 2.24) is 19.6 Å². The van der Waals surface area contributed by atoms with Crippen LogP contribution in [0.5, 0.6) is 0 Å². The van der Waals surface area contributed by atoms with Gasteiger partial charge in [0, 0.05) is 0 Å². The van der Waals surface area contributed by atoms with E-state index in [1.54, 1.807) is 6.07 Å². The summed E-state index contributed by atoms with van der Waals surface area (Å²) in [5.74, 6) is -0.0306. The molecule has 15 heavy (non-hydrogen) atoms. The first kappa shape index (κ1) is 9.99. The molecule has 0 amide bonds. The molecule has 76 valence electrons. The second-order valence-corrected chi connectivity index (χ2v) is 4.49. The van der Waals surface area contributed by atoms with Crippen LogP contribution in [0, 0.1) is 5.41 Å². The molecule has 0 bridgehead atoms. The number of nitrogens with two attached hydrogens (primary N) is 1. The summed E-state index contributed by atoms with van der Waals surface area (Å²) < 4.78 is 4.62. The van der Waals surface area contributed by atoms with Crippen molar-refractivity contribution in [3.63, 3.8) is 0 Å². The molecule has 0 radical (unpaired) electrons. The summed E-state index contributed by atoms with van der Waals surface area (Å²) in [6.07, 6.45) is 2.97. The third-order valence-electron chi connectivity index (χ3n) is 1.50. The van der Waals surface area contributed by atoms with Crippen LogP contribution in [0.15, 0.2) is 28.0 Å². The number of nitrogens with one attached hydrogen (secondary N) is 1. The first-order valence-corrected chi connectivity index (χ1v) is 5.47. The predicted molar refractivity (Wildman–Crippen MR) is 57.1 cm³/mol. The predicted octanol–water partition coefficient (Wildman–Crippen LogP) is 0.763. The number of aromatic nitrogens is 4. The zero-order chi connectivity index (χ0) is 10.7. The molecule has 8 heteroatoms. The minimum Gasteiger partial charge on any atom is -0.384 e. The highest BCUT2D eigenvalue weighted by molar-refractivity contribution is 8.00. The molecule has 0 aromatic carbocycles. The Labute approximate surface area is 93.6 Å². The Morgan fingerprint density at radius 1 is 1.53 bits per heavy atom. The van der Waals surface area contributed by atoms with Crippen molar-refractivity contribution in [3.05, 3.63) is 24.2 Å². The van der Waals surface area contributed by atoms with E-state index in [2.05, 4.69) is 19.6 Å². The van der Waals surface area contributed by atoms with Crippen LogP contribution in [0.3, 0.4) is 0 Å². The molecule has 0 spiro atoms. The fourth-order valence-corrected chi connectivity index (χ4v) is 2.32. The van der Waals surface area contributed by atoms with Crippen molar-refractivity contribution >= 4 is 29.1 Å². The molecule has 0 saturated heterocycles. The van der Waals surface area contributed by atoms with E-state index in [-0.39, 0.29) is 5.84 Å². The van der Waals surface area contributed by atoms with Gasteiger partial charge in [0.1, 0.15) is 17.2 Å². The monoisotopic (exact) mass is 238 g/mol. The zero-order valence-corrected chi connectivity index (χ0v) is 9.05. The van der Waals surface area contributed by atoms with E-state index < -0.39 is 0 Å². The molecule has 0 aliphatic heterocycles. The number of hydrogen-bond donors (Lipinski definition) is 2. The minimum atomic E-state index is -0.0306. The molecular weight excluding hydrogens is 232 g/mol. The minimum absolute atomic E-state index is 0.0306. The molecule has 0 saturated carbocycles. The molecule has 6 nitrogen and oxygen atoms in total. The van der Waals surface area contributed by atoms with E-state index in [1.165, 1.54) is 35.8 Å². The van der Waals surface area contributed by atoms with E-state index in [1.807, 2.05) is 0 Å². The lowest BCUT2D eigenvalue weighted by atomic mass is 10.3. The fraction of sp³-hybridized carbons (Fsp3) is 0. The van der Waals surface area contributed by atoms with Gasteiger partial charge in [-0.3, -0.25) is 5.41 Å². The molecule has 0 aliphatic rings. The summed E-state index contributed by atoms with van der Waals surface area (Å²) >= 11 is 2.56. The number of amidine groups is 1. The van der Waals surface area contributed by atoms with E-state index >= 15 is 0 Å². The summed E-state index contributed by atoms with van der Waals surface area (Å²) in [6, 6.07) is 1.65. The number of nitrogens with zero attached hydrogens (tertiary/aromatic N) is 4. The Balaban J connectivity index is 2.32. The lowest BCUT2D eigenvalue weighted by Crippen LogP contribution is -2.13. The average Bonchev–Trinajstić information content (AvgIpc) is 2.71. The smallest absolute Gasteiger partial charge is 0.176 e. The van der Waals surface area contributed by atoms with Gasteiger partial charge in [-0.2, -0.15) is 9.47 Å². The molecule has 0 atom stereocenters. The number of hydrogen-bond acceptors (Lipinski definition) is 7. The first-order chi connectivity index (χ1) is 7.27. The molecule has 2 aromatic rings. The van der Waals surface area contributed by atoms with Gasteiger partial charge in [-0.15, -0.1) is 5.10 Å². The van der Waals surface area contributed by atoms with Crippen LogP contribution in [-0.4, -0.2) is 25.4 Å². The SMILES string of the molecule is N=C(N)c1ccnnc1Sc1ncns1. The topological polar surface area (TPSA) is 101 Å². The van der Waals surface area contributed by atoms with Crippen LogP contribution in [0.4, 0.5) is 0 Å². The van der Waals surface area contributed by atoms with Crippen molar-refractivity contribution in [2.75, 3.05) is 0 Å². The summed E-state index contributed by atoms with van der Waals surface area (Å²) in [5.41, 5.74) is 5.97. The second kappa shape index (κ2) is 4.32. The summed E-state index contributed by atoms with van der Waals surface area (Å²) in [5, 5.41) is 15.6. The highest BCUT2D eigenvalue weighted by atomic mass is 32.2. The van der Waals surface area contributed by atoms with Gasteiger partial charge in [0.25, 0.3) is 0 Å². The molecule has 2 aromatic heterocycles. The first-order valence-electron chi connectivity index (χ1n) is 3.88. The van der Waals surface area contributed by atoms with Crippen molar-refractivity contribution in [3.8, 4) is 0 Å². The Kier molecular flexibility index (Phi) is 2.88. The van der Waals surface area contributed by atoms with Crippen LogP contribution >= 0.6 is 23.3 Å².